The van der Waals surface area contributed by atoms with E-state index in [0.29, 0.717) is 0 Å². The second-order valence-corrected chi connectivity index (χ2v) is 4.08. The first-order valence-corrected chi connectivity index (χ1v) is 5.49. The summed E-state index contributed by atoms with van der Waals surface area (Å²) in [5, 5.41) is 0. The molecule has 0 aliphatic heterocycles. The van der Waals surface area contributed by atoms with Crippen LogP contribution in [-0.4, -0.2) is 12.9 Å². The minimum Gasteiger partial charge on any atom is -0.497 e. The molecule has 1 aromatic rings. The average molecular weight is 204 g/mol. The summed E-state index contributed by atoms with van der Waals surface area (Å²) in [5.41, 5.74) is 0.793. The van der Waals surface area contributed by atoms with E-state index in [-0.39, 0.29) is 11.7 Å². The lowest BCUT2D eigenvalue weighted by Gasteiger charge is -2.08. The Bertz CT molecular complexity index is 351. The van der Waals surface area contributed by atoms with Crippen molar-refractivity contribution in [3.63, 3.8) is 0 Å². The molecule has 15 heavy (non-hydrogen) atoms. The summed E-state index contributed by atoms with van der Waals surface area (Å²) in [6.07, 6.45) is 4.49. The lowest BCUT2D eigenvalue weighted by molar-refractivity contribution is 0.0922. The van der Waals surface area contributed by atoms with Gasteiger partial charge in [-0.05, 0) is 25.0 Å². The molecule has 0 unspecified atom stereocenters. The molecule has 1 fully saturated rings. The van der Waals surface area contributed by atoms with E-state index in [9.17, 15) is 4.79 Å². The van der Waals surface area contributed by atoms with Crippen molar-refractivity contribution in [1.29, 1.82) is 0 Å². The summed E-state index contributed by atoms with van der Waals surface area (Å²) in [6, 6.07) is 7.45. The lowest BCUT2D eigenvalue weighted by atomic mass is 9.96. The quantitative estimate of drug-likeness (QED) is 0.707. The van der Waals surface area contributed by atoms with Gasteiger partial charge in [0.2, 0.25) is 0 Å². The summed E-state index contributed by atoms with van der Waals surface area (Å²) in [4.78, 5) is 12.1. The zero-order valence-electron chi connectivity index (χ0n) is 9.03. The van der Waals surface area contributed by atoms with Crippen LogP contribution in [0.2, 0.25) is 0 Å². The molecular formula is C13H16O2. The number of rotatable bonds is 3. The fraction of sp³-hybridized carbons (Fsp3) is 0.462. The minimum absolute atomic E-state index is 0.247. The second-order valence-electron chi connectivity index (χ2n) is 4.08. The van der Waals surface area contributed by atoms with Gasteiger partial charge in [-0.3, -0.25) is 4.79 Å². The minimum atomic E-state index is 0.247. The van der Waals surface area contributed by atoms with Crippen LogP contribution in [0.1, 0.15) is 36.0 Å². The third-order valence-corrected chi connectivity index (χ3v) is 3.08. The number of carbonyl (C=O) groups excluding carboxylic acids is 1. The van der Waals surface area contributed by atoms with Crippen molar-refractivity contribution in [3.8, 4) is 5.75 Å². The molecule has 0 atom stereocenters. The lowest BCUT2D eigenvalue weighted by Crippen LogP contribution is -2.10. The van der Waals surface area contributed by atoms with Crippen LogP contribution in [0.15, 0.2) is 24.3 Å². The molecule has 80 valence electrons. The van der Waals surface area contributed by atoms with Crippen LogP contribution in [0.5, 0.6) is 5.75 Å². The van der Waals surface area contributed by atoms with E-state index < -0.39 is 0 Å². The number of ether oxygens (including phenoxy) is 1. The predicted octanol–water partition coefficient (Wildman–Crippen LogP) is 3.07. The normalized spacial score (nSPS) is 16.6. The fourth-order valence-corrected chi connectivity index (χ4v) is 2.20. The second kappa shape index (κ2) is 4.47. The molecule has 1 saturated carbocycles. The molecule has 1 aromatic carbocycles. The van der Waals surface area contributed by atoms with Gasteiger partial charge >= 0.3 is 0 Å². The number of carbonyl (C=O) groups is 1. The highest BCUT2D eigenvalue weighted by Crippen LogP contribution is 2.28. The van der Waals surface area contributed by atoms with Gasteiger partial charge in [0.05, 0.1) is 7.11 Å². The van der Waals surface area contributed by atoms with Crippen molar-refractivity contribution >= 4 is 5.78 Å². The van der Waals surface area contributed by atoms with Gasteiger partial charge < -0.3 is 4.74 Å². The van der Waals surface area contributed by atoms with Crippen molar-refractivity contribution in [3.05, 3.63) is 29.8 Å². The molecule has 0 N–H and O–H groups in total. The van der Waals surface area contributed by atoms with E-state index in [4.69, 9.17) is 4.74 Å². The molecule has 2 heteroatoms. The van der Waals surface area contributed by atoms with E-state index >= 15 is 0 Å². The van der Waals surface area contributed by atoms with Crippen LogP contribution in [0.25, 0.3) is 0 Å². The largest absolute Gasteiger partial charge is 0.497 e. The molecule has 0 spiro atoms. The van der Waals surface area contributed by atoms with Gasteiger partial charge in [-0.2, -0.15) is 0 Å². The van der Waals surface area contributed by atoms with Crippen molar-refractivity contribution in [2.24, 2.45) is 5.92 Å². The number of hydrogen-bond acceptors (Lipinski definition) is 2. The predicted molar refractivity (Wildman–Crippen MR) is 59.3 cm³/mol. The Morgan fingerprint density at radius 1 is 1.33 bits per heavy atom. The molecule has 0 aromatic heterocycles. The Labute approximate surface area is 90.3 Å². The van der Waals surface area contributed by atoms with E-state index in [2.05, 4.69) is 0 Å². The van der Waals surface area contributed by atoms with E-state index in [0.717, 1.165) is 24.2 Å². The van der Waals surface area contributed by atoms with Crippen LogP contribution in [0, 0.1) is 5.92 Å². The van der Waals surface area contributed by atoms with E-state index in [1.807, 2.05) is 24.3 Å². The van der Waals surface area contributed by atoms with Crippen LogP contribution in [0.3, 0.4) is 0 Å². The van der Waals surface area contributed by atoms with Gasteiger partial charge in [0.25, 0.3) is 0 Å². The maximum absolute atomic E-state index is 12.1. The first kappa shape index (κ1) is 10.2. The molecule has 0 heterocycles. The van der Waals surface area contributed by atoms with Crippen molar-refractivity contribution in [2.45, 2.75) is 25.7 Å². The zero-order valence-corrected chi connectivity index (χ0v) is 9.03. The molecule has 2 nitrogen and oxygen atoms in total. The monoisotopic (exact) mass is 204 g/mol. The standard InChI is InChI=1S/C13H16O2/c1-15-12-8-4-7-11(9-12)13(14)10-5-2-3-6-10/h4,7-10H,2-3,5-6H2,1H3. The zero-order chi connectivity index (χ0) is 10.7. The topological polar surface area (TPSA) is 26.3 Å². The SMILES string of the molecule is COc1cccc(C(=O)C2CCCC2)c1. The summed E-state index contributed by atoms with van der Waals surface area (Å²) in [6.45, 7) is 0. The highest BCUT2D eigenvalue weighted by atomic mass is 16.5. The Morgan fingerprint density at radius 3 is 2.73 bits per heavy atom. The Balaban J connectivity index is 2.17. The van der Waals surface area contributed by atoms with Crippen LogP contribution < -0.4 is 4.74 Å². The Hall–Kier alpha value is -1.31. The Kier molecular flexibility index (Phi) is 3.05. The molecule has 0 bridgehead atoms. The van der Waals surface area contributed by atoms with Crippen LogP contribution in [-0.2, 0) is 0 Å². The summed E-state index contributed by atoms with van der Waals surface area (Å²) in [7, 11) is 1.62. The first-order valence-electron chi connectivity index (χ1n) is 5.49. The molecule has 0 radical (unpaired) electrons. The number of ketones is 1. The third-order valence-electron chi connectivity index (χ3n) is 3.08. The van der Waals surface area contributed by atoms with Crippen molar-refractivity contribution < 1.29 is 9.53 Å². The van der Waals surface area contributed by atoms with Gasteiger partial charge in [-0.15, -0.1) is 0 Å². The van der Waals surface area contributed by atoms with Gasteiger partial charge in [-0.1, -0.05) is 25.0 Å². The van der Waals surface area contributed by atoms with Gasteiger partial charge in [-0.25, -0.2) is 0 Å². The number of Topliss-reactive ketones (excluding diaryl/α,β-unsaturated/α-hetero) is 1. The smallest absolute Gasteiger partial charge is 0.166 e. The molecule has 0 amide bonds. The summed E-state index contributed by atoms with van der Waals surface area (Å²) >= 11 is 0. The van der Waals surface area contributed by atoms with E-state index in [1.165, 1.54) is 12.8 Å². The maximum Gasteiger partial charge on any atom is 0.166 e. The van der Waals surface area contributed by atoms with E-state index in [1.54, 1.807) is 7.11 Å². The van der Waals surface area contributed by atoms with Gasteiger partial charge in [0, 0.05) is 11.5 Å². The average Bonchev–Trinajstić information content (AvgIpc) is 2.81. The molecule has 2 rings (SSSR count). The van der Waals surface area contributed by atoms with Gasteiger partial charge in [0.15, 0.2) is 5.78 Å². The number of benzene rings is 1. The molecule has 0 saturated heterocycles. The first-order chi connectivity index (χ1) is 7.31. The van der Waals surface area contributed by atoms with Gasteiger partial charge in [0.1, 0.15) is 5.75 Å². The molecule has 1 aliphatic rings. The molecular weight excluding hydrogens is 188 g/mol. The highest BCUT2D eigenvalue weighted by molar-refractivity contribution is 5.98. The van der Waals surface area contributed by atoms with Crippen LogP contribution >= 0.6 is 0 Å². The summed E-state index contributed by atoms with van der Waals surface area (Å²) < 4.78 is 5.12. The van der Waals surface area contributed by atoms with Crippen molar-refractivity contribution in [1.82, 2.24) is 0 Å². The third kappa shape index (κ3) is 2.20. The van der Waals surface area contributed by atoms with Crippen LogP contribution in [0.4, 0.5) is 0 Å². The maximum atomic E-state index is 12.1. The number of hydrogen-bond donors (Lipinski definition) is 0. The summed E-state index contributed by atoms with van der Waals surface area (Å²) in [5.74, 6) is 1.29. The number of methoxy groups -OCH3 is 1. The highest BCUT2D eigenvalue weighted by Gasteiger charge is 2.23. The molecule has 1 aliphatic carbocycles. The Morgan fingerprint density at radius 2 is 2.07 bits per heavy atom. The van der Waals surface area contributed by atoms with Crippen molar-refractivity contribution in [2.75, 3.05) is 7.11 Å². The fourth-order valence-electron chi connectivity index (χ4n) is 2.20.